The largest absolute Gasteiger partial charge is 0.392 e. The molecule has 1 fully saturated rings. The molecule has 2 atom stereocenters. The second-order valence-corrected chi connectivity index (χ2v) is 3.54. The smallest absolute Gasteiger partial charge is 0.314 e. The van der Waals surface area contributed by atoms with Crippen LogP contribution in [0.4, 0.5) is 0 Å². The van der Waals surface area contributed by atoms with E-state index in [1.165, 1.54) is 0 Å². The minimum Gasteiger partial charge on any atom is -0.392 e. The Kier molecular flexibility index (Phi) is 3.44. The van der Waals surface area contributed by atoms with Crippen molar-refractivity contribution in [1.82, 2.24) is 0 Å². The molecule has 16 heavy (non-hydrogen) atoms. The van der Waals surface area contributed by atoms with Gasteiger partial charge in [-0.25, -0.2) is 13.1 Å². The van der Waals surface area contributed by atoms with Crippen molar-refractivity contribution in [2.45, 2.75) is 24.3 Å². The molecule has 6 heteroatoms. The molecule has 0 aromatic heterocycles. The molecule has 1 saturated carbocycles. The zero-order valence-corrected chi connectivity index (χ0v) is 8.15. The third-order valence-corrected chi connectivity index (χ3v) is 2.85. The number of hydrogen-bond acceptors (Lipinski definition) is 4. The van der Waals surface area contributed by atoms with Crippen LogP contribution in [0.1, 0.15) is 0 Å². The molecule has 2 N–H and O–H groups in total. The molecule has 0 saturated heterocycles. The lowest BCUT2D eigenvalue weighted by molar-refractivity contribution is -0.150. The van der Waals surface area contributed by atoms with Crippen LogP contribution in [0.2, 0.25) is 0 Å². The summed E-state index contributed by atoms with van der Waals surface area (Å²) in [7, 11) is 0. The number of hydrogen-bond donors (Lipinski definition) is 2. The van der Waals surface area contributed by atoms with Crippen LogP contribution in [0.3, 0.4) is 0 Å². The minimum absolute atomic E-state index is 0.884. The Morgan fingerprint density at radius 1 is 0.938 bits per heavy atom. The van der Waals surface area contributed by atoms with Gasteiger partial charge in [0.25, 0.3) is 0 Å². The van der Waals surface area contributed by atoms with Gasteiger partial charge in [-0.1, -0.05) is 0 Å². The summed E-state index contributed by atoms with van der Waals surface area (Å²) in [6.45, 7) is 13.5. The predicted molar refractivity (Wildman–Crippen MR) is 51.0 cm³/mol. The Morgan fingerprint density at radius 3 is 1.44 bits per heavy atom. The second kappa shape index (κ2) is 4.60. The summed E-state index contributed by atoms with van der Waals surface area (Å²) in [6.07, 6.45) is -2.29. The highest BCUT2D eigenvalue weighted by atomic mass is 16.3. The van der Waals surface area contributed by atoms with E-state index in [0.717, 1.165) is 0 Å². The van der Waals surface area contributed by atoms with Gasteiger partial charge in [0.2, 0.25) is 0 Å². The Bertz CT molecular complexity index is 358. The first-order valence-corrected chi connectivity index (χ1v) is 4.50. The molecule has 0 spiro atoms. The molecule has 0 radical (unpaired) electrons. The average Bonchev–Trinajstić information content (AvgIpc) is 2.32. The molecule has 1 aliphatic rings. The molecule has 0 amide bonds. The first-order valence-electron chi connectivity index (χ1n) is 4.50. The van der Waals surface area contributed by atoms with Crippen LogP contribution in [-0.4, -0.2) is 34.5 Å². The Hall–Kier alpha value is -2.12. The molecule has 2 unspecified atom stereocenters. The van der Waals surface area contributed by atoms with Crippen LogP contribution in [-0.2, 0) is 0 Å². The monoisotopic (exact) mass is 216 g/mol. The lowest BCUT2D eigenvalue weighted by Gasteiger charge is -2.43. The summed E-state index contributed by atoms with van der Waals surface area (Å²) in [5.41, 5.74) is 0. The average molecular weight is 216 g/mol. The SMILES string of the molecule is [C-]#[N+]C(C#N)C1C(O)C(C(C#N)[N+]#[C-])C1O. The fourth-order valence-corrected chi connectivity index (χ4v) is 1.92. The van der Waals surface area contributed by atoms with Gasteiger partial charge >= 0.3 is 12.1 Å². The van der Waals surface area contributed by atoms with Gasteiger partial charge in [0.05, 0.1) is 12.2 Å². The van der Waals surface area contributed by atoms with E-state index in [-0.39, 0.29) is 0 Å². The van der Waals surface area contributed by atoms with Crippen molar-refractivity contribution in [3.8, 4) is 12.1 Å². The molecular weight excluding hydrogens is 208 g/mol. The maximum Gasteiger partial charge on any atom is 0.314 e. The molecule has 6 nitrogen and oxygen atoms in total. The highest BCUT2D eigenvalue weighted by Crippen LogP contribution is 2.41. The van der Waals surface area contributed by atoms with E-state index in [9.17, 15) is 10.2 Å². The lowest BCUT2D eigenvalue weighted by atomic mass is 9.63. The lowest BCUT2D eigenvalue weighted by Crippen LogP contribution is -2.62. The summed E-state index contributed by atoms with van der Waals surface area (Å²) in [5.74, 6) is -1.77. The van der Waals surface area contributed by atoms with Crippen molar-refractivity contribution < 1.29 is 10.2 Å². The number of nitriles is 2. The Balaban J connectivity index is 2.83. The normalized spacial score (nSPS) is 35.4. The zero-order valence-electron chi connectivity index (χ0n) is 8.15. The van der Waals surface area contributed by atoms with Crippen molar-refractivity contribution in [3.63, 3.8) is 0 Å². The molecular formula is C10H8N4O2. The summed E-state index contributed by atoms with van der Waals surface area (Å²) < 4.78 is 0. The van der Waals surface area contributed by atoms with E-state index in [2.05, 4.69) is 9.69 Å². The molecule has 80 valence electrons. The van der Waals surface area contributed by atoms with E-state index < -0.39 is 36.1 Å². The first-order chi connectivity index (χ1) is 7.62. The van der Waals surface area contributed by atoms with Gasteiger partial charge in [-0.05, 0) is 0 Å². The highest BCUT2D eigenvalue weighted by molar-refractivity contribution is 5.20. The predicted octanol–water partition coefficient (Wildman–Crippen LogP) is -0.423. The minimum atomic E-state index is -1.15. The van der Waals surface area contributed by atoms with Crippen molar-refractivity contribution >= 4 is 0 Å². The van der Waals surface area contributed by atoms with Gasteiger partial charge in [0.1, 0.15) is 11.8 Å². The maximum atomic E-state index is 9.65. The molecule has 0 aliphatic heterocycles. The van der Waals surface area contributed by atoms with Gasteiger partial charge in [-0.2, -0.15) is 10.5 Å². The van der Waals surface area contributed by atoms with Gasteiger partial charge < -0.3 is 10.2 Å². The highest BCUT2D eigenvalue weighted by Gasteiger charge is 2.61. The van der Waals surface area contributed by atoms with Gasteiger partial charge in [0.15, 0.2) is 12.1 Å². The topological polar surface area (TPSA) is 96.8 Å². The van der Waals surface area contributed by atoms with E-state index >= 15 is 0 Å². The van der Waals surface area contributed by atoms with Crippen molar-refractivity contribution in [2.75, 3.05) is 0 Å². The number of rotatable bonds is 2. The van der Waals surface area contributed by atoms with Crippen molar-refractivity contribution in [2.24, 2.45) is 11.8 Å². The quantitative estimate of drug-likeness (QED) is 0.612. The van der Waals surface area contributed by atoms with Crippen molar-refractivity contribution in [3.05, 3.63) is 22.8 Å². The Labute approximate surface area is 92.6 Å². The van der Waals surface area contributed by atoms with E-state index in [1.807, 2.05) is 0 Å². The van der Waals surface area contributed by atoms with E-state index in [1.54, 1.807) is 12.1 Å². The third kappa shape index (κ3) is 1.58. The number of nitrogens with zero attached hydrogens (tertiary/aromatic N) is 4. The molecule has 0 aromatic carbocycles. The molecule has 0 bridgehead atoms. The molecule has 1 aliphatic carbocycles. The molecule has 1 rings (SSSR count). The summed E-state index contributed by atoms with van der Waals surface area (Å²) in [4.78, 5) is 5.97. The van der Waals surface area contributed by atoms with Gasteiger partial charge in [-0.3, -0.25) is 9.69 Å². The van der Waals surface area contributed by atoms with Crippen LogP contribution in [0, 0.1) is 47.6 Å². The summed E-state index contributed by atoms with van der Waals surface area (Å²) in [5, 5.41) is 36.6. The molecule has 0 heterocycles. The summed E-state index contributed by atoms with van der Waals surface area (Å²) in [6, 6.07) is 1.08. The maximum absolute atomic E-state index is 9.65. The first kappa shape index (κ1) is 12.0. The van der Waals surface area contributed by atoms with E-state index in [4.69, 9.17) is 23.7 Å². The zero-order chi connectivity index (χ0) is 12.3. The van der Waals surface area contributed by atoms with E-state index in [0.29, 0.717) is 0 Å². The van der Waals surface area contributed by atoms with Crippen LogP contribution < -0.4 is 0 Å². The van der Waals surface area contributed by atoms with Crippen molar-refractivity contribution in [1.29, 1.82) is 10.5 Å². The van der Waals surface area contributed by atoms with Crippen LogP contribution >= 0.6 is 0 Å². The fourth-order valence-electron chi connectivity index (χ4n) is 1.92. The summed E-state index contributed by atoms with van der Waals surface area (Å²) >= 11 is 0. The van der Waals surface area contributed by atoms with Crippen LogP contribution in [0.15, 0.2) is 0 Å². The van der Waals surface area contributed by atoms with Crippen LogP contribution in [0.5, 0.6) is 0 Å². The fraction of sp³-hybridized carbons (Fsp3) is 0.600. The number of aliphatic hydroxyl groups is 2. The third-order valence-electron chi connectivity index (χ3n) is 2.85. The number of aliphatic hydroxyl groups excluding tert-OH is 2. The van der Waals surface area contributed by atoms with Crippen LogP contribution in [0.25, 0.3) is 9.69 Å². The molecule has 0 aromatic rings. The van der Waals surface area contributed by atoms with Gasteiger partial charge in [-0.15, -0.1) is 0 Å². The van der Waals surface area contributed by atoms with Gasteiger partial charge in [0, 0.05) is 0 Å². The second-order valence-electron chi connectivity index (χ2n) is 3.54. The standard InChI is InChI=1S/C10H8N4O2/c1-13-5(3-11)7-9(15)8(10(7)16)6(4-12)14-2/h5-10,15-16H. The Morgan fingerprint density at radius 2 is 1.25 bits per heavy atom.